The predicted octanol–water partition coefficient (Wildman–Crippen LogP) is 4.27. The molecule has 0 spiro atoms. The molecule has 1 atom stereocenters. The van der Waals surface area contributed by atoms with E-state index in [-0.39, 0.29) is 18.2 Å². The number of para-hydroxylation sites is 2. The molecular weight excluding hydrogens is 362 g/mol. The third-order valence-corrected chi connectivity index (χ3v) is 5.05. The number of hydrogen-bond acceptors (Lipinski definition) is 3. The molecule has 0 bridgehead atoms. The van der Waals surface area contributed by atoms with E-state index < -0.39 is 6.04 Å². The first-order valence-corrected chi connectivity index (χ1v) is 9.12. The summed E-state index contributed by atoms with van der Waals surface area (Å²) < 4.78 is 0. The van der Waals surface area contributed by atoms with Crippen LogP contribution in [0.1, 0.15) is 23.0 Å². The van der Waals surface area contributed by atoms with Crippen molar-refractivity contribution in [3.63, 3.8) is 0 Å². The van der Waals surface area contributed by atoms with Gasteiger partial charge in [-0.25, -0.2) is 0 Å². The van der Waals surface area contributed by atoms with Crippen molar-refractivity contribution >= 4 is 39.9 Å². The van der Waals surface area contributed by atoms with Crippen molar-refractivity contribution in [3.05, 3.63) is 64.8 Å². The number of aromatic nitrogens is 1. The molecule has 0 unspecified atom stereocenters. The van der Waals surface area contributed by atoms with Crippen LogP contribution in [0, 0.1) is 6.92 Å². The molecule has 0 fully saturated rings. The third-order valence-electron chi connectivity index (χ3n) is 4.72. The van der Waals surface area contributed by atoms with Crippen LogP contribution in [0.4, 0.5) is 5.69 Å². The zero-order valence-corrected chi connectivity index (χ0v) is 16.3. The molecule has 0 saturated heterocycles. The molecular formula is C21H22ClN3O2. The Morgan fingerprint density at radius 3 is 2.56 bits per heavy atom. The van der Waals surface area contributed by atoms with Crippen molar-refractivity contribution in [1.29, 1.82) is 0 Å². The summed E-state index contributed by atoms with van der Waals surface area (Å²) in [5.74, 6) is -0.237. The lowest BCUT2D eigenvalue weighted by molar-refractivity contribution is -0.117. The van der Waals surface area contributed by atoms with Gasteiger partial charge in [-0.1, -0.05) is 41.9 Å². The number of likely N-dealkylation sites (N-methyl/N-ethyl adjacent to an activating group) is 1. The van der Waals surface area contributed by atoms with E-state index in [0.29, 0.717) is 16.3 Å². The normalized spacial score (nSPS) is 12.3. The minimum atomic E-state index is -0.445. The number of halogens is 1. The average Bonchev–Trinajstić information content (AvgIpc) is 2.98. The number of carbonyl (C=O) groups is 2. The second-order valence-corrected chi connectivity index (χ2v) is 7.06. The number of ketones is 1. The first-order chi connectivity index (χ1) is 12.9. The van der Waals surface area contributed by atoms with Gasteiger partial charge >= 0.3 is 0 Å². The maximum Gasteiger partial charge on any atom is 0.238 e. The van der Waals surface area contributed by atoms with E-state index in [1.54, 1.807) is 36.2 Å². The molecule has 1 heterocycles. The van der Waals surface area contributed by atoms with Crippen LogP contribution in [-0.2, 0) is 4.79 Å². The number of aryl methyl sites for hydroxylation is 1. The van der Waals surface area contributed by atoms with E-state index in [1.165, 1.54) is 0 Å². The van der Waals surface area contributed by atoms with Crippen molar-refractivity contribution in [2.45, 2.75) is 19.9 Å². The maximum atomic E-state index is 13.1. The molecule has 27 heavy (non-hydrogen) atoms. The molecule has 1 amide bonds. The van der Waals surface area contributed by atoms with Gasteiger partial charge in [0.15, 0.2) is 5.78 Å². The molecule has 3 rings (SSSR count). The Hall–Kier alpha value is -2.63. The zero-order chi connectivity index (χ0) is 19.6. The summed E-state index contributed by atoms with van der Waals surface area (Å²) in [7, 11) is 1.76. The SMILES string of the molecule is Cc1[nH]c2ccccc2c1C(=O)[C@@H](C)N(C)CC(=O)Nc1ccccc1Cl. The van der Waals surface area contributed by atoms with Crippen LogP contribution in [0.25, 0.3) is 10.9 Å². The molecule has 0 aliphatic rings. The first kappa shape index (κ1) is 19.1. The molecule has 0 saturated carbocycles. The van der Waals surface area contributed by atoms with Crippen molar-refractivity contribution in [2.75, 3.05) is 18.9 Å². The number of nitrogens with zero attached hydrogens (tertiary/aromatic N) is 1. The van der Waals surface area contributed by atoms with Gasteiger partial charge in [-0.2, -0.15) is 0 Å². The predicted molar refractivity (Wildman–Crippen MR) is 110 cm³/mol. The number of rotatable bonds is 6. The maximum absolute atomic E-state index is 13.1. The Bertz CT molecular complexity index is 996. The number of aromatic amines is 1. The summed E-state index contributed by atoms with van der Waals surface area (Å²) in [5, 5.41) is 4.16. The van der Waals surface area contributed by atoms with Crippen LogP contribution >= 0.6 is 11.6 Å². The topological polar surface area (TPSA) is 65.2 Å². The summed E-state index contributed by atoms with van der Waals surface area (Å²) in [6.45, 7) is 3.79. The van der Waals surface area contributed by atoms with Crippen molar-refractivity contribution in [1.82, 2.24) is 9.88 Å². The highest BCUT2D eigenvalue weighted by Crippen LogP contribution is 2.24. The molecule has 140 valence electrons. The lowest BCUT2D eigenvalue weighted by Gasteiger charge is -2.23. The van der Waals surface area contributed by atoms with Crippen molar-refractivity contribution in [2.24, 2.45) is 0 Å². The Morgan fingerprint density at radius 1 is 1.15 bits per heavy atom. The van der Waals surface area contributed by atoms with Crippen LogP contribution in [-0.4, -0.2) is 41.2 Å². The first-order valence-electron chi connectivity index (χ1n) is 8.74. The number of carbonyl (C=O) groups excluding carboxylic acids is 2. The molecule has 0 aliphatic carbocycles. The monoisotopic (exact) mass is 383 g/mol. The number of H-pyrrole nitrogens is 1. The Labute approximate surface area is 163 Å². The number of hydrogen-bond donors (Lipinski definition) is 2. The molecule has 0 radical (unpaired) electrons. The second-order valence-electron chi connectivity index (χ2n) is 6.65. The quantitative estimate of drug-likeness (QED) is 0.624. The summed E-state index contributed by atoms with van der Waals surface area (Å²) in [6.07, 6.45) is 0. The van der Waals surface area contributed by atoms with E-state index in [1.807, 2.05) is 38.1 Å². The van der Waals surface area contributed by atoms with Gasteiger partial charge < -0.3 is 10.3 Å². The average molecular weight is 384 g/mol. The number of amides is 1. The fourth-order valence-electron chi connectivity index (χ4n) is 3.12. The standard InChI is InChI=1S/C21H22ClN3O2/c1-13-20(15-8-4-6-10-17(15)23-13)21(27)14(2)25(3)12-19(26)24-18-11-7-5-9-16(18)22/h4-11,14,23H,12H2,1-3H3,(H,24,26)/t14-/m1/s1. The third kappa shape index (κ3) is 4.04. The lowest BCUT2D eigenvalue weighted by Crippen LogP contribution is -2.41. The minimum absolute atomic E-state index is 0.0157. The van der Waals surface area contributed by atoms with Gasteiger partial charge in [0.1, 0.15) is 0 Å². The summed E-state index contributed by atoms with van der Waals surface area (Å²) in [5.41, 5.74) is 3.01. The highest BCUT2D eigenvalue weighted by molar-refractivity contribution is 6.33. The highest BCUT2D eigenvalue weighted by Gasteiger charge is 2.25. The van der Waals surface area contributed by atoms with Gasteiger partial charge in [-0.15, -0.1) is 0 Å². The van der Waals surface area contributed by atoms with Crippen LogP contribution in [0.3, 0.4) is 0 Å². The van der Waals surface area contributed by atoms with Gasteiger partial charge in [0, 0.05) is 22.2 Å². The van der Waals surface area contributed by atoms with Crippen LogP contribution in [0.15, 0.2) is 48.5 Å². The number of benzene rings is 2. The Morgan fingerprint density at radius 2 is 1.81 bits per heavy atom. The van der Waals surface area contributed by atoms with Crippen LogP contribution in [0.2, 0.25) is 5.02 Å². The van der Waals surface area contributed by atoms with E-state index in [0.717, 1.165) is 16.6 Å². The van der Waals surface area contributed by atoms with Crippen molar-refractivity contribution in [3.8, 4) is 0 Å². The lowest BCUT2D eigenvalue weighted by atomic mass is 10.0. The molecule has 2 aromatic carbocycles. The molecule has 0 aliphatic heterocycles. The molecule has 1 aromatic heterocycles. The fraction of sp³-hybridized carbons (Fsp3) is 0.238. The number of fused-ring (bicyclic) bond motifs is 1. The number of nitrogens with one attached hydrogen (secondary N) is 2. The van der Waals surface area contributed by atoms with Crippen LogP contribution in [0.5, 0.6) is 0 Å². The van der Waals surface area contributed by atoms with E-state index >= 15 is 0 Å². The largest absolute Gasteiger partial charge is 0.358 e. The van der Waals surface area contributed by atoms with Crippen LogP contribution < -0.4 is 5.32 Å². The van der Waals surface area contributed by atoms with Gasteiger partial charge in [0.2, 0.25) is 5.91 Å². The van der Waals surface area contributed by atoms with Gasteiger partial charge in [-0.3, -0.25) is 14.5 Å². The van der Waals surface area contributed by atoms with Gasteiger partial charge in [-0.05, 0) is 39.1 Å². The fourth-order valence-corrected chi connectivity index (χ4v) is 3.30. The highest BCUT2D eigenvalue weighted by atomic mass is 35.5. The smallest absolute Gasteiger partial charge is 0.238 e. The summed E-state index contributed by atoms with van der Waals surface area (Å²) >= 11 is 6.07. The Balaban J connectivity index is 1.72. The van der Waals surface area contributed by atoms with Gasteiger partial charge in [0.25, 0.3) is 0 Å². The number of anilines is 1. The summed E-state index contributed by atoms with van der Waals surface area (Å²) in [4.78, 5) is 30.4. The summed E-state index contributed by atoms with van der Waals surface area (Å²) in [6, 6.07) is 14.3. The molecule has 6 heteroatoms. The second kappa shape index (κ2) is 7.94. The molecule has 3 aromatic rings. The zero-order valence-electron chi connectivity index (χ0n) is 15.5. The van der Waals surface area contributed by atoms with E-state index in [2.05, 4.69) is 10.3 Å². The van der Waals surface area contributed by atoms with E-state index in [4.69, 9.17) is 11.6 Å². The molecule has 5 nitrogen and oxygen atoms in total. The Kier molecular flexibility index (Phi) is 5.63. The minimum Gasteiger partial charge on any atom is -0.358 e. The number of Topliss-reactive ketones (excluding diaryl/α,β-unsaturated/α-hetero) is 1. The van der Waals surface area contributed by atoms with Crippen molar-refractivity contribution < 1.29 is 9.59 Å². The van der Waals surface area contributed by atoms with E-state index in [9.17, 15) is 9.59 Å². The van der Waals surface area contributed by atoms with Gasteiger partial charge in [0.05, 0.1) is 23.3 Å². The molecule has 2 N–H and O–H groups in total.